The molecule has 0 bridgehead atoms. The van der Waals surface area contributed by atoms with Gasteiger partial charge in [-0.1, -0.05) is 45.0 Å². The van der Waals surface area contributed by atoms with E-state index in [0.717, 1.165) is 25.9 Å². The van der Waals surface area contributed by atoms with Crippen molar-refractivity contribution in [3.63, 3.8) is 0 Å². The predicted octanol–water partition coefficient (Wildman–Crippen LogP) is 5.27. The lowest BCUT2D eigenvalue weighted by Gasteiger charge is -2.28. The van der Waals surface area contributed by atoms with Gasteiger partial charge < -0.3 is 15.0 Å². The number of nitrogens with one attached hydrogen (secondary N) is 3. The van der Waals surface area contributed by atoms with E-state index in [-0.39, 0.29) is 16.9 Å². The van der Waals surface area contributed by atoms with Gasteiger partial charge in [0, 0.05) is 40.7 Å². The molecule has 3 aromatic rings. The zero-order valence-electron chi connectivity index (χ0n) is 22.1. The average Bonchev–Trinajstić information content (AvgIpc) is 2.85. The van der Waals surface area contributed by atoms with Crippen LogP contribution in [0.15, 0.2) is 65.6 Å². The van der Waals surface area contributed by atoms with Gasteiger partial charge in [0.25, 0.3) is 10.0 Å². The molecule has 10 heteroatoms. The van der Waals surface area contributed by atoms with Crippen LogP contribution in [0.25, 0.3) is 10.8 Å². The summed E-state index contributed by atoms with van der Waals surface area (Å²) < 4.78 is 34.9. The third-order valence-corrected chi connectivity index (χ3v) is 7.86. The van der Waals surface area contributed by atoms with Gasteiger partial charge in [0.2, 0.25) is 5.91 Å². The molecule has 202 valence electrons. The number of rotatable bonds is 6. The summed E-state index contributed by atoms with van der Waals surface area (Å²) in [7, 11) is -1.92. The molecule has 0 atom stereocenters. The summed E-state index contributed by atoms with van der Waals surface area (Å²) in [5, 5.41) is 6.64. The van der Waals surface area contributed by atoms with E-state index in [1.807, 2.05) is 27.8 Å². The van der Waals surface area contributed by atoms with E-state index in [4.69, 9.17) is 4.74 Å². The van der Waals surface area contributed by atoms with Crippen LogP contribution in [0.1, 0.15) is 33.6 Å². The Morgan fingerprint density at radius 2 is 1.47 bits per heavy atom. The number of sulfonamides is 1. The number of hydrogen-bond acceptors (Lipinski definition) is 6. The lowest BCUT2D eigenvalue weighted by molar-refractivity contribution is -0.123. The summed E-state index contributed by atoms with van der Waals surface area (Å²) in [5.41, 5.74) is 0.843. The van der Waals surface area contributed by atoms with Gasteiger partial charge in [0.05, 0.1) is 10.6 Å². The summed E-state index contributed by atoms with van der Waals surface area (Å²) in [4.78, 5) is 27.0. The van der Waals surface area contributed by atoms with E-state index in [1.54, 1.807) is 54.6 Å². The van der Waals surface area contributed by atoms with E-state index < -0.39 is 21.5 Å². The molecule has 0 spiro atoms. The molecule has 1 aliphatic rings. The van der Waals surface area contributed by atoms with Crippen molar-refractivity contribution in [2.75, 3.05) is 35.5 Å². The first-order chi connectivity index (χ1) is 17.9. The number of nitrogens with zero attached hydrogens (tertiary/aromatic N) is 1. The summed E-state index contributed by atoms with van der Waals surface area (Å²) in [6.45, 7) is 7.18. The van der Waals surface area contributed by atoms with Gasteiger partial charge in [0.1, 0.15) is 6.10 Å². The topological polar surface area (TPSA) is 117 Å². The Labute approximate surface area is 223 Å². The van der Waals surface area contributed by atoms with Crippen molar-refractivity contribution < 1.29 is 22.7 Å². The molecule has 0 aromatic heterocycles. The number of hydrogen-bond donors (Lipinski definition) is 3. The Hall–Kier alpha value is -3.63. The van der Waals surface area contributed by atoms with E-state index in [9.17, 15) is 18.0 Å². The number of likely N-dealkylation sites (tertiary alicyclic amines) is 1. The molecular weight excluding hydrogens is 504 g/mol. The predicted molar refractivity (Wildman–Crippen MR) is 150 cm³/mol. The first-order valence-electron chi connectivity index (χ1n) is 12.5. The Bertz CT molecular complexity index is 1420. The summed E-state index contributed by atoms with van der Waals surface area (Å²) in [6, 6.07) is 16.5. The van der Waals surface area contributed by atoms with Crippen molar-refractivity contribution in [1.82, 2.24) is 4.90 Å². The second-order valence-corrected chi connectivity index (χ2v) is 12.2. The van der Waals surface area contributed by atoms with Crippen LogP contribution in [-0.4, -0.2) is 51.6 Å². The lowest BCUT2D eigenvalue weighted by Crippen LogP contribution is -2.36. The van der Waals surface area contributed by atoms with Crippen molar-refractivity contribution in [3.05, 3.63) is 60.7 Å². The summed E-state index contributed by atoms with van der Waals surface area (Å²) >= 11 is 0. The molecule has 0 unspecified atom stereocenters. The second kappa shape index (κ2) is 11.0. The highest BCUT2D eigenvalue weighted by atomic mass is 32.2. The number of ether oxygens (including phenoxy) is 1. The van der Waals surface area contributed by atoms with Crippen LogP contribution < -0.4 is 15.4 Å². The van der Waals surface area contributed by atoms with Crippen LogP contribution in [0.3, 0.4) is 0 Å². The number of amides is 2. The second-order valence-electron chi connectivity index (χ2n) is 10.6. The van der Waals surface area contributed by atoms with Gasteiger partial charge in [-0.25, -0.2) is 13.2 Å². The molecule has 1 heterocycles. The van der Waals surface area contributed by atoms with Crippen molar-refractivity contribution in [2.45, 2.75) is 44.6 Å². The average molecular weight is 539 g/mol. The standard InChI is InChI=1S/C28H34N4O5S/c1-28(2,3)26(33)29-19-11-13-20(14-12-19)31-38(35,36)25-10-6-7-22-23(25)8-5-9-24(22)30-27(34)37-21-15-17-32(4)18-16-21/h5-14,21,31H,15-18H2,1-4H3,(H,29,33)(H,30,34). The monoisotopic (exact) mass is 538 g/mol. The summed E-state index contributed by atoms with van der Waals surface area (Å²) in [5.74, 6) is -0.138. The van der Waals surface area contributed by atoms with Crippen LogP contribution in [0.4, 0.5) is 21.9 Å². The molecule has 1 aliphatic heterocycles. The van der Waals surface area contributed by atoms with Crippen LogP contribution in [-0.2, 0) is 19.6 Å². The van der Waals surface area contributed by atoms with Crippen molar-refractivity contribution in [2.24, 2.45) is 5.41 Å². The number of carbonyl (C=O) groups excluding carboxylic acids is 2. The van der Waals surface area contributed by atoms with Crippen molar-refractivity contribution in [1.29, 1.82) is 0 Å². The van der Waals surface area contributed by atoms with Crippen molar-refractivity contribution >= 4 is 49.9 Å². The Morgan fingerprint density at radius 3 is 2.13 bits per heavy atom. The molecule has 9 nitrogen and oxygen atoms in total. The van der Waals surface area contributed by atoms with Gasteiger partial charge in [-0.3, -0.25) is 14.8 Å². The number of anilines is 3. The van der Waals surface area contributed by atoms with E-state index in [2.05, 4.69) is 20.3 Å². The molecular formula is C28H34N4O5S. The van der Waals surface area contributed by atoms with Crippen LogP contribution in [0.5, 0.6) is 0 Å². The number of carbonyl (C=O) groups is 2. The normalized spacial score (nSPS) is 15.2. The quantitative estimate of drug-likeness (QED) is 0.394. The highest BCUT2D eigenvalue weighted by Gasteiger charge is 2.23. The maximum absolute atomic E-state index is 13.3. The zero-order valence-corrected chi connectivity index (χ0v) is 22.9. The van der Waals surface area contributed by atoms with Crippen molar-refractivity contribution in [3.8, 4) is 0 Å². The van der Waals surface area contributed by atoms with Gasteiger partial charge >= 0.3 is 6.09 Å². The fourth-order valence-corrected chi connectivity index (χ4v) is 5.45. The smallest absolute Gasteiger partial charge is 0.411 e. The largest absolute Gasteiger partial charge is 0.446 e. The van der Waals surface area contributed by atoms with Gasteiger partial charge in [-0.15, -0.1) is 0 Å². The summed E-state index contributed by atoms with van der Waals surface area (Å²) in [6.07, 6.45) is 0.848. The molecule has 38 heavy (non-hydrogen) atoms. The molecule has 3 aromatic carbocycles. The molecule has 4 rings (SSSR count). The number of fused-ring (bicyclic) bond motifs is 1. The molecule has 1 saturated heterocycles. The van der Waals surface area contributed by atoms with E-state index in [0.29, 0.717) is 27.8 Å². The van der Waals surface area contributed by atoms with Gasteiger partial charge in [-0.05, 0) is 56.3 Å². The van der Waals surface area contributed by atoms with Crippen LogP contribution >= 0.6 is 0 Å². The highest BCUT2D eigenvalue weighted by molar-refractivity contribution is 7.93. The number of piperidine rings is 1. The van der Waals surface area contributed by atoms with Crippen LogP contribution in [0, 0.1) is 5.41 Å². The van der Waals surface area contributed by atoms with Gasteiger partial charge in [0.15, 0.2) is 0 Å². The minimum absolute atomic E-state index is 0.0763. The fourth-order valence-electron chi connectivity index (χ4n) is 4.17. The first-order valence-corrected chi connectivity index (χ1v) is 14.0. The zero-order chi connectivity index (χ0) is 27.5. The molecule has 0 aliphatic carbocycles. The molecule has 1 fully saturated rings. The molecule has 0 saturated carbocycles. The molecule has 0 radical (unpaired) electrons. The SMILES string of the molecule is CN1CCC(OC(=O)Nc2cccc3c(S(=O)(=O)Nc4ccc(NC(=O)C(C)(C)C)cc4)cccc23)CC1. The fraction of sp³-hybridized carbons (Fsp3) is 0.357. The maximum Gasteiger partial charge on any atom is 0.411 e. The maximum atomic E-state index is 13.3. The Balaban J connectivity index is 1.50. The highest BCUT2D eigenvalue weighted by Crippen LogP contribution is 2.30. The van der Waals surface area contributed by atoms with Gasteiger partial charge in [-0.2, -0.15) is 0 Å². The third kappa shape index (κ3) is 6.62. The Morgan fingerprint density at radius 1 is 0.868 bits per heavy atom. The molecule has 2 amide bonds. The van der Waals surface area contributed by atoms with E-state index in [1.165, 1.54) is 6.07 Å². The minimum atomic E-state index is -3.96. The lowest BCUT2D eigenvalue weighted by atomic mass is 9.95. The first kappa shape index (κ1) is 27.4. The molecule has 3 N–H and O–H groups in total. The minimum Gasteiger partial charge on any atom is -0.446 e. The number of benzene rings is 3. The Kier molecular flexibility index (Phi) is 7.94. The van der Waals surface area contributed by atoms with Crippen LogP contribution in [0.2, 0.25) is 0 Å². The van der Waals surface area contributed by atoms with E-state index >= 15 is 0 Å². The third-order valence-electron chi connectivity index (χ3n) is 6.42.